The van der Waals surface area contributed by atoms with Crippen molar-refractivity contribution in [2.45, 2.75) is 122 Å². The largest absolute Gasteiger partial charge is 0.508 e. The molecular formula is C34H56N2O6. The summed E-state index contributed by atoms with van der Waals surface area (Å²) in [6, 6.07) is 10.00. The van der Waals surface area contributed by atoms with Gasteiger partial charge in [-0.05, 0) is 61.2 Å². The molecule has 0 aliphatic rings. The quantitative estimate of drug-likeness (QED) is 0.0752. The van der Waals surface area contributed by atoms with Crippen LogP contribution in [0.3, 0.4) is 0 Å². The van der Waals surface area contributed by atoms with Crippen molar-refractivity contribution < 1.29 is 30.6 Å². The van der Waals surface area contributed by atoms with E-state index in [0.717, 1.165) is 38.6 Å². The first-order chi connectivity index (χ1) is 20.4. The maximum atomic E-state index is 10.8. The Morgan fingerprint density at radius 3 is 1.62 bits per heavy atom. The van der Waals surface area contributed by atoms with Crippen LogP contribution < -0.4 is 10.6 Å². The Balaban J connectivity index is 1.73. The van der Waals surface area contributed by atoms with E-state index < -0.39 is 12.2 Å². The van der Waals surface area contributed by atoms with Crippen molar-refractivity contribution in [1.82, 2.24) is 10.6 Å². The van der Waals surface area contributed by atoms with E-state index in [-0.39, 0.29) is 24.7 Å². The number of hydrogen-bond donors (Lipinski definition) is 8. The average molecular weight is 589 g/mol. The molecule has 0 saturated carbocycles. The fourth-order valence-corrected chi connectivity index (χ4v) is 5.32. The molecule has 2 aromatic rings. The zero-order chi connectivity index (χ0) is 30.6. The van der Waals surface area contributed by atoms with Crippen molar-refractivity contribution in [1.29, 1.82) is 0 Å². The minimum Gasteiger partial charge on any atom is -0.508 e. The Morgan fingerprint density at radius 2 is 1.10 bits per heavy atom. The number of unbranched alkanes of at least 4 members (excludes halogenated alkanes) is 9. The summed E-state index contributed by atoms with van der Waals surface area (Å²) in [5.74, 6) is 0.0662. The first-order valence-corrected chi connectivity index (χ1v) is 16.0. The molecule has 8 heteroatoms. The second-order valence-corrected chi connectivity index (χ2v) is 11.5. The highest BCUT2D eigenvalue weighted by molar-refractivity contribution is 5.37. The highest BCUT2D eigenvalue weighted by atomic mass is 16.3. The smallest absolute Gasteiger partial charge is 0.121 e. The van der Waals surface area contributed by atoms with E-state index in [4.69, 9.17) is 0 Å². The highest BCUT2D eigenvalue weighted by Crippen LogP contribution is 2.24. The molecule has 0 spiro atoms. The summed E-state index contributed by atoms with van der Waals surface area (Å²) in [6.45, 7) is 3.33. The molecule has 0 aromatic heterocycles. The number of hydrogen-bond acceptors (Lipinski definition) is 8. The lowest BCUT2D eigenvalue weighted by Crippen LogP contribution is -2.33. The molecule has 2 rings (SSSR count). The van der Waals surface area contributed by atoms with E-state index >= 15 is 0 Å². The maximum absolute atomic E-state index is 10.8. The molecule has 238 valence electrons. The zero-order valence-electron chi connectivity index (χ0n) is 25.6. The molecule has 0 fully saturated rings. The molecule has 2 aromatic carbocycles. The molecule has 0 aliphatic carbocycles. The minimum atomic E-state index is -0.713. The van der Waals surface area contributed by atoms with Crippen LogP contribution in [0.25, 0.3) is 0 Å². The predicted molar refractivity (Wildman–Crippen MR) is 168 cm³/mol. The molecule has 8 nitrogen and oxygen atoms in total. The van der Waals surface area contributed by atoms with Gasteiger partial charge in [-0.3, -0.25) is 0 Å². The van der Waals surface area contributed by atoms with Crippen molar-refractivity contribution in [3.8, 4) is 11.5 Å². The molecule has 0 bridgehead atoms. The Labute approximate surface area is 252 Å². The second kappa shape index (κ2) is 21.5. The van der Waals surface area contributed by atoms with Crippen LogP contribution >= 0.6 is 0 Å². The Hall–Kier alpha value is -2.20. The number of aromatic hydroxyl groups is 2. The van der Waals surface area contributed by atoms with Gasteiger partial charge in [-0.2, -0.15) is 0 Å². The molecular weight excluding hydrogens is 532 g/mol. The summed E-state index contributed by atoms with van der Waals surface area (Å²) in [5.41, 5.74) is 2.18. The van der Waals surface area contributed by atoms with E-state index in [9.17, 15) is 30.6 Å². The van der Waals surface area contributed by atoms with E-state index in [1.807, 2.05) is 0 Å². The van der Waals surface area contributed by atoms with Crippen molar-refractivity contribution in [3.05, 3.63) is 58.7 Å². The summed E-state index contributed by atoms with van der Waals surface area (Å²) in [5, 5.41) is 66.4. The van der Waals surface area contributed by atoms with Gasteiger partial charge in [0.05, 0.1) is 25.4 Å². The molecule has 0 heterocycles. The standard InChI is InChI=1S/C34H56N2O6/c1-2-3-4-5-6-7-8-10-13-30(36-23-34(42)27-16-18-32(40)29(21-27)25-38)14-11-9-12-19-35-22-33(41)26-15-17-31(39)28(20-26)24-37/h15-18,20-21,30,33-42H,2-14,19,22-25H2,1H3. The molecule has 8 N–H and O–H groups in total. The maximum Gasteiger partial charge on any atom is 0.121 e. The zero-order valence-corrected chi connectivity index (χ0v) is 25.6. The van der Waals surface area contributed by atoms with Crippen molar-refractivity contribution in [2.75, 3.05) is 19.6 Å². The fourth-order valence-electron chi connectivity index (χ4n) is 5.32. The van der Waals surface area contributed by atoms with Gasteiger partial charge >= 0.3 is 0 Å². The van der Waals surface area contributed by atoms with Gasteiger partial charge in [0.15, 0.2) is 0 Å². The third-order valence-electron chi connectivity index (χ3n) is 8.07. The number of aliphatic hydroxyl groups is 4. The van der Waals surface area contributed by atoms with Crippen molar-refractivity contribution in [2.24, 2.45) is 0 Å². The average Bonchev–Trinajstić information content (AvgIpc) is 3.00. The van der Waals surface area contributed by atoms with Crippen LogP contribution in [0.4, 0.5) is 0 Å². The van der Waals surface area contributed by atoms with Crippen LogP contribution in [0.5, 0.6) is 11.5 Å². The molecule has 3 unspecified atom stereocenters. The van der Waals surface area contributed by atoms with Gasteiger partial charge in [0, 0.05) is 30.3 Å². The lowest BCUT2D eigenvalue weighted by atomic mass is 9.99. The third kappa shape index (κ3) is 13.8. The number of benzene rings is 2. The lowest BCUT2D eigenvalue weighted by Gasteiger charge is -2.22. The van der Waals surface area contributed by atoms with Crippen LogP contribution in [0.1, 0.15) is 125 Å². The predicted octanol–water partition coefficient (Wildman–Crippen LogP) is 5.49. The number of rotatable bonds is 24. The molecule has 0 saturated heterocycles. The SMILES string of the molecule is CCCCCCCCCCC(CCCCCNCC(O)c1ccc(O)c(CO)c1)NCC(O)c1ccc(O)c(CO)c1. The van der Waals surface area contributed by atoms with E-state index in [2.05, 4.69) is 17.6 Å². The van der Waals surface area contributed by atoms with Crippen LogP contribution in [-0.4, -0.2) is 56.3 Å². The van der Waals surface area contributed by atoms with E-state index in [0.29, 0.717) is 41.4 Å². The normalized spacial score (nSPS) is 13.7. The second-order valence-electron chi connectivity index (χ2n) is 11.5. The molecule has 42 heavy (non-hydrogen) atoms. The van der Waals surface area contributed by atoms with Gasteiger partial charge in [-0.25, -0.2) is 0 Å². The van der Waals surface area contributed by atoms with Crippen LogP contribution in [0, 0.1) is 0 Å². The van der Waals surface area contributed by atoms with Crippen LogP contribution in [0.2, 0.25) is 0 Å². The van der Waals surface area contributed by atoms with E-state index in [1.54, 1.807) is 24.3 Å². The highest BCUT2D eigenvalue weighted by Gasteiger charge is 2.15. The molecule has 0 amide bonds. The third-order valence-corrected chi connectivity index (χ3v) is 8.07. The van der Waals surface area contributed by atoms with Crippen molar-refractivity contribution in [3.63, 3.8) is 0 Å². The fraction of sp³-hybridized carbons (Fsp3) is 0.647. The minimum absolute atomic E-state index is 0.0299. The molecule has 0 radical (unpaired) electrons. The number of aliphatic hydroxyl groups excluding tert-OH is 4. The Morgan fingerprint density at radius 1 is 0.619 bits per heavy atom. The van der Waals surface area contributed by atoms with E-state index in [1.165, 1.54) is 63.5 Å². The Bertz CT molecular complexity index is 988. The Kier molecular flexibility index (Phi) is 18.4. The van der Waals surface area contributed by atoms with Gasteiger partial charge in [0.1, 0.15) is 11.5 Å². The first-order valence-electron chi connectivity index (χ1n) is 16.0. The summed E-state index contributed by atoms with van der Waals surface area (Å²) in [7, 11) is 0. The van der Waals surface area contributed by atoms with Gasteiger partial charge < -0.3 is 41.3 Å². The van der Waals surface area contributed by atoms with Crippen LogP contribution in [-0.2, 0) is 13.2 Å². The van der Waals surface area contributed by atoms with Gasteiger partial charge in [-0.15, -0.1) is 0 Å². The summed E-state index contributed by atoms with van der Waals surface area (Å²) >= 11 is 0. The topological polar surface area (TPSA) is 145 Å². The summed E-state index contributed by atoms with van der Waals surface area (Å²) in [4.78, 5) is 0. The molecule has 3 atom stereocenters. The summed E-state index contributed by atoms with van der Waals surface area (Å²) < 4.78 is 0. The van der Waals surface area contributed by atoms with Gasteiger partial charge in [-0.1, -0.05) is 83.3 Å². The molecule has 0 aliphatic heterocycles. The summed E-state index contributed by atoms with van der Waals surface area (Å²) in [6.07, 6.45) is 14.1. The number of phenols is 2. The monoisotopic (exact) mass is 588 g/mol. The first kappa shape index (κ1) is 36.0. The lowest BCUT2D eigenvalue weighted by molar-refractivity contribution is 0.166. The van der Waals surface area contributed by atoms with Gasteiger partial charge in [0.2, 0.25) is 0 Å². The van der Waals surface area contributed by atoms with Gasteiger partial charge in [0.25, 0.3) is 0 Å². The van der Waals surface area contributed by atoms with Crippen LogP contribution in [0.15, 0.2) is 36.4 Å². The number of nitrogens with one attached hydrogen (secondary N) is 2. The van der Waals surface area contributed by atoms with Crippen molar-refractivity contribution >= 4 is 0 Å².